The average Bonchev–Trinajstić information content (AvgIpc) is 3.21. The second-order valence-electron chi connectivity index (χ2n) is 9.78. The molecule has 2 aliphatic rings. The molecule has 1 aliphatic carbocycles. The first kappa shape index (κ1) is 23.0. The number of nitrogens with zero attached hydrogens (tertiary/aromatic N) is 3. The molecule has 174 valence electrons. The third-order valence-electron chi connectivity index (χ3n) is 7.72. The molecule has 1 aliphatic heterocycles. The Morgan fingerprint density at radius 3 is 2.53 bits per heavy atom. The van der Waals surface area contributed by atoms with Crippen molar-refractivity contribution in [1.82, 2.24) is 20.0 Å². The number of hydrogen-bond acceptors (Lipinski definition) is 4. The maximum atomic E-state index is 12.6. The van der Waals surface area contributed by atoms with E-state index in [1.807, 2.05) is 13.8 Å². The molecule has 0 bridgehead atoms. The molecule has 2 heterocycles. The fourth-order valence-electron chi connectivity index (χ4n) is 5.85. The zero-order valence-corrected chi connectivity index (χ0v) is 20.4. The normalized spacial score (nSPS) is 22.5. The Hall–Kier alpha value is -2.18. The number of ether oxygens (including phenoxy) is 1. The third kappa shape index (κ3) is 3.77. The van der Waals surface area contributed by atoms with E-state index < -0.39 is 0 Å². The first-order valence-electron chi connectivity index (χ1n) is 12.0. The molecule has 1 spiro atoms. The molecule has 1 aromatic heterocycles. The third-order valence-corrected chi connectivity index (χ3v) is 7.72. The summed E-state index contributed by atoms with van der Waals surface area (Å²) in [4.78, 5) is 15.2. The first-order valence-corrected chi connectivity index (χ1v) is 12.0. The molecule has 0 radical (unpaired) electrons. The number of amides is 1. The van der Waals surface area contributed by atoms with Gasteiger partial charge in [0.15, 0.2) is 0 Å². The van der Waals surface area contributed by atoms with Gasteiger partial charge < -0.3 is 10.1 Å². The number of aromatic nitrogens is 2. The van der Waals surface area contributed by atoms with Crippen LogP contribution in [0.3, 0.4) is 0 Å². The molecule has 1 aromatic carbocycles. The second-order valence-corrected chi connectivity index (χ2v) is 9.78. The van der Waals surface area contributed by atoms with E-state index in [1.165, 1.54) is 22.4 Å². The maximum Gasteiger partial charge on any atom is 0.223 e. The number of piperidine rings is 1. The monoisotopic (exact) mass is 438 g/mol. The van der Waals surface area contributed by atoms with Crippen LogP contribution in [0.1, 0.15) is 67.7 Å². The Morgan fingerprint density at radius 1 is 1.25 bits per heavy atom. The Kier molecular flexibility index (Phi) is 6.46. The van der Waals surface area contributed by atoms with Crippen LogP contribution in [-0.4, -0.2) is 46.9 Å². The van der Waals surface area contributed by atoms with Crippen molar-refractivity contribution in [3.8, 4) is 0 Å². The van der Waals surface area contributed by atoms with E-state index in [1.54, 1.807) is 7.11 Å². The fourth-order valence-corrected chi connectivity index (χ4v) is 5.85. The minimum atomic E-state index is -0.0927. The van der Waals surface area contributed by atoms with Gasteiger partial charge in [0.2, 0.25) is 5.91 Å². The van der Waals surface area contributed by atoms with Crippen molar-refractivity contribution in [3.05, 3.63) is 52.3 Å². The molecule has 32 heavy (non-hydrogen) atoms. The molecular weight excluding hydrogens is 400 g/mol. The van der Waals surface area contributed by atoms with Gasteiger partial charge in [0.1, 0.15) is 0 Å². The van der Waals surface area contributed by atoms with E-state index in [-0.39, 0.29) is 29.4 Å². The molecule has 1 amide bonds. The lowest BCUT2D eigenvalue weighted by Gasteiger charge is -2.44. The second kappa shape index (κ2) is 8.99. The Bertz CT molecular complexity index is 972. The molecule has 2 aromatic rings. The highest BCUT2D eigenvalue weighted by Gasteiger charge is 2.54. The smallest absolute Gasteiger partial charge is 0.223 e. The van der Waals surface area contributed by atoms with Gasteiger partial charge in [-0.3, -0.25) is 14.4 Å². The van der Waals surface area contributed by atoms with Gasteiger partial charge in [-0.1, -0.05) is 38.1 Å². The average molecular weight is 439 g/mol. The number of carbonyl (C=O) groups excluding carboxylic acids is 1. The summed E-state index contributed by atoms with van der Waals surface area (Å²) in [6, 6.07) is 8.52. The molecule has 1 fully saturated rings. The van der Waals surface area contributed by atoms with Crippen LogP contribution in [0.4, 0.5) is 0 Å². The van der Waals surface area contributed by atoms with Gasteiger partial charge in [-0.2, -0.15) is 5.10 Å². The van der Waals surface area contributed by atoms with Gasteiger partial charge >= 0.3 is 0 Å². The summed E-state index contributed by atoms with van der Waals surface area (Å²) in [6.07, 6.45) is 2.00. The van der Waals surface area contributed by atoms with Gasteiger partial charge in [0, 0.05) is 42.8 Å². The lowest BCUT2D eigenvalue weighted by molar-refractivity contribution is -0.126. The summed E-state index contributed by atoms with van der Waals surface area (Å²) in [5, 5.41) is 8.00. The number of likely N-dealkylation sites (tertiary alicyclic amines) is 1. The highest BCUT2D eigenvalue weighted by molar-refractivity contribution is 5.78. The quantitative estimate of drug-likeness (QED) is 0.743. The molecule has 6 nitrogen and oxygen atoms in total. The molecule has 4 rings (SSSR count). The SMILES string of the molecule is CCn1nc(C)c(CN2CCC3(CC2)c2ccccc2[C@@H](NC(=O)C(C)C)[C@@H]3OC)c1C. The Balaban J connectivity index is 1.57. The summed E-state index contributed by atoms with van der Waals surface area (Å²) >= 11 is 0. The van der Waals surface area contributed by atoms with E-state index >= 15 is 0 Å². The molecule has 2 atom stereocenters. The minimum Gasteiger partial charge on any atom is -0.378 e. The van der Waals surface area contributed by atoms with Crippen molar-refractivity contribution in [2.75, 3.05) is 20.2 Å². The van der Waals surface area contributed by atoms with Crippen LogP contribution in [0.2, 0.25) is 0 Å². The van der Waals surface area contributed by atoms with E-state index in [0.29, 0.717) is 0 Å². The largest absolute Gasteiger partial charge is 0.378 e. The standard InChI is InChI=1S/C26H38N4O2/c1-7-30-19(5)21(18(4)28-30)16-29-14-12-26(13-15-29)22-11-9-8-10-20(22)23(24(26)32-6)27-25(31)17(2)3/h8-11,17,23-24H,7,12-16H2,1-6H3,(H,27,31)/t23-,24+/m1/s1. The van der Waals surface area contributed by atoms with E-state index in [0.717, 1.165) is 44.7 Å². The van der Waals surface area contributed by atoms with Crippen LogP contribution in [0.15, 0.2) is 24.3 Å². The number of nitrogens with one attached hydrogen (secondary N) is 1. The summed E-state index contributed by atoms with van der Waals surface area (Å²) in [5.74, 6) is 0.0359. The first-order chi connectivity index (χ1) is 15.3. The fraction of sp³-hybridized carbons (Fsp3) is 0.615. The molecular formula is C26H38N4O2. The van der Waals surface area contributed by atoms with Gasteiger partial charge in [0.25, 0.3) is 0 Å². The molecule has 1 N–H and O–H groups in total. The summed E-state index contributed by atoms with van der Waals surface area (Å²) in [5.41, 5.74) is 6.29. The van der Waals surface area contributed by atoms with Crippen molar-refractivity contribution in [2.45, 2.75) is 78.1 Å². The predicted octanol–water partition coefficient (Wildman–Crippen LogP) is 3.90. The van der Waals surface area contributed by atoms with Gasteiger partial charge in [-0.15, -0.1) is 0 Å². The zero-order chi connectivity index (χ0) is 23.0. The zero-order valence-electron chi connectivity index (χ0n) is 20.4. The van der Waals surface area contributed by atoms with Crippen molar-refractivity contribution < 1.29 is 9.53 Å². The number of hydrogen-bond donors (Lipinski definition) is 1. The lowest BCUT2D eigenvalue weighted by Crippen LogP contribution is -2.50. The highest BCUT2D eigenvalue weighted by atomic mass is 16.5. The molecule has 0 saturated carbocycles. The van der Waals surface area contributed by atoms with Gasteiger partial charge in [0.05, 0.1) is 17.8 Å². The number of aryl methyl sites for hydroxylation is 2. The van der Waals surface area contributed by atoms with E-state index in [9.17, 15) is 4.79 Å². The maximum absolute atomic E-state index is 12.6. The van der Waals surface area contributed by atoms with Crippen molar-refractivity contribution >= 4 is 5.91 Å². The van der Waals surface area contributed by atoms with Crippen LogP contribution in [0.5, 0.6) is 0 Å². The van der Waals surface area contributed by atoms with Crippen molar-refractivity contribution in [2.24, 2.45) is 5.92 Å². The lowest BCUT2D eigenvalue weighted by atomic mass is 9.71. The van der Waals surface area contributed by atoms with Crippen molar-refractivity contribution in [3.63, 3.8) is 0 Å². The van der Waals surface area contributed by atoms with E-state index in [4.69, 9.17) is 9.84 Å². The summed E-state index contributed by atoms with van der Waals surface area (Å²) in [7, 11) is 1.80. The predicted molar refractivity (Wildman–Crippen MR) is 127 cm³/mol. The van der Waals surface area contributed by atoms with Crippen LogP contribution in [0, 0.1) is 19.8 Å². The molecule has 0 unspecified atom stereocenters. The van der Waals surface area contributed by atoms with Crippen molar-refractivity contribution in [1.29, 1.82) is 0 Å². The van der Waals surface area contributed by atoms with Crippen LogP contribution < -0.4 is 5.32 Å². The molecule has 6 heteroatoms. The summed E-state index contributed by atoms with van der Waals surface area (Å²) in [6.45, 7) is 14.2. The molecule has 1 saturated heterocycles. The summed E-state index contributed by atoms with van der Waals surface area (Å²) < 4.78 is 8.25. The number of carbonyl (C=O) groups is 1. The van der Waals surface area contributed by atoms with Gasteiger partial charge in [-0.05, 0) is 57.8 Å². The van der Waals surface area contributed by atoms with E-state index in [2.05, 4.69) is 59.9 Å². The highest BCUT2D eigenvalue weighted by Crippen LogP contribution is 2.52. The topological polar surface area (TPSA) is 59.4 Å². The van der Waals surface area contributed by atoms with Crippen LogP contribution >= 0.6 is 0 Å². The Morgan fingerprint density at radius 2 is 1.94 bits per heavy atom. The number of methoxy groups -OCH3 is 1. The van der Waals surface area contributed by atoms with Crippen LogP contribution in [0.25, 0.3) is 0 Å². The van der Waals surface area contributed by atoms with Crippen LogP contribution in [-0.2, 0) is 28.0 Å². The van der Waals surface area contributed by atoms with Gasteiger partial charge in [-0.25, -0.2) is 0 Å². The number of rotatable bonds is 6. The minimum absolute atomic E-state index is 0.0453. The number of benzene rings is 1. The Labute approximate surface area is 192 Å². The number of fused-ring (bicyclic) bond motifs is 2.